The van der Waals surface area contributed by atoms with E-state index in [-0.39, 0.29) is 11.9 Å². The van der Waals surface area contributed by atoms with Crippen molar-refractivity contribution in [2.75, 3.05) is 39.3 Å². The number of carbonyl (C=O) groups is 1. The van der Waals surface area contributed by atoms with Gasteiger partial charge in [0, 0.05) is 43.1 Å². The summed E-state index contributed by atoms with van der Waals surface area (Å²) in [5.74, 6) is 1.50. The van der Waals surface area contributed by atoms with Gasteiger partial charge in [-0.15, -0.1) is 0 Å². The molecule has 6 nitrogen and oxygen atoms in total. The highest BCUT2D eigenvalue weighted by atomic mass is 16.5. The van der Waals surface area contributed by atoms with Crippen molar-refractivity contribution in [1.82, 2.24) is 20.1 Å². The van der Waals surface area contributed by atoms with E-state index in [1.807, 2.05) is 48.5 Å². The number of hydrogen-bond acceptors (Lipinski definition) is 4. The van der Waals surface area contributed by atoms with E-state index in [4.69, 9.17) is 4.74 Å². The van der Waals surface area contributed by atoms with Crippen molar-refractivity contribution < 1.29 is 9.53 Å². The number of nitrogens with one attached hydrogen (secondary N) is 2. The van der Waals surface area contributed by atoms with Crippen LogP contribution in [0.3, 0.4) is 0 Å². The number of amides is 1. The molecule has 1 aromatic heterocycles. The van der Waals surface area contributed by atoms with Crippen LogP contribution in [0, 0.1) is 6.92 Å². The highest BCUT2D eigenvalue weighted by Crippen LogP contribution is 2.30. The zero-order valence-corrected chi connectivity index (χ0v) is 20.9. The summed E-state index contributed by atoms with van der Waals surface area (Å²) in [6, 6.07) is 16.0. The Balaban J connectivity index is 1.14. The van der Waals surface area contributed by atoms with Crippen LogP contribution in [0.5, 0.6) is 11.5 Å². The summed E-state index contributed by atoms with van der Waals surface area (Å²) in [6.07, 6.45) is 7.49. The number of rotatable bonds is 7. The average molecular weight is 475 g/mol. The maximum atomic E-state index is 13.0. The Hall–Kier alpha value is -2.83. The van der Waals surface area contributed by atoms with Gasteiger partial charge >= 0.3 is 0 Å². The zero-order chi connectivity index (χ0) is 24.0. The first-order valence-corrected chi connectivity index (χ1v) is 13.3. The predicted molar refractivity (Wildman–Crippen MR) is 141 cm³/mol. The lowest BCUT2D eigenvalue weighted by Crippen LogP contribution is -2.46. The van der Waals surface area contributed by atoms with E-state index >= 15 is 0 Å². The van der Waals surface area contributed by atoms with E-state index in [9.17, 15) is 4.79 Å². The minimum Gasteiger partial charge on any atom is -0.457 e. The number of likely N-dealkylation sites (tertiary alicyclic amines) is 2. The molecule has 0 saturated carbocycles. The summed E-state index contributed by atoms with van der Waals surface area (Å²) in [5.41, 5.74) is 2.69. The van der Waals surface area contributed by atoms with Crippen LogP contribution in [0.1, 0.15) is 54.6 Å². The summed E-state index contributed by atoms with van der Waals surface area (Å²) in [6.45, 7) is 9.01. The smallest absolute Gasteiger partial charge is 0.267 e. The zero-order valence-electron chi connectivity index (χ0n) is 20.9. The van der Waals surface area contributed by atoms with Crippen molar-refractivity contribution in [3.63, 3.8) is 0 Å². The summed E-state index contributed by atoms with van der Waals surface area (Å²) in [5, 5.41) is 4.18. The summed E-state index contributed by atoms with van der Waals surface area (Å²) in [7, 11) is 0. The van der Waals surface area contributed by atoms with Crippen LogP contribution >= 0.6 is 0 Å². The molecule has 2 aliphatic rings. The van der Waals surface area contributed by atoms with Gasteiger partial charge in [0.15, 0.2) is 0 Å². The maximum Gasteiger partial charge on any atom is 0.267 e. The van der Waals surface area contributed by atoms with Crippen molar-refractivity contribution in [2.24, 2.45) is 0 Å². The van der Waals surface area contributed by atoms with E-state index < -0.39 is 0 Å². The second kappa shape index (κ2) is 11.3. The molecule has 2 aromatic carbocycles. The minimum absolute atomic E-state index is 0.0366. The van der Waals surface area contributed by atoms with E-state index in [1.54, 1.807) is 0 Å². The van der Waals surface area contributed by atoms with E-state index in [0.29, 0.717) is 5.69 Å². The molecule has 0 spiro atoms. The van der Waals surface area contributed by atoms with Crippen LogP contribution in [0.2, 0.25) is 0 Å². The number of aromatic nitrogens is 1. The third-order valence-electron chi connectivity index (χ3n) is 7.47. The minimum atomic E-state index is -0.0366. The Morgan fingerprint density at radius 2 is 1.63 bits per heavy atom. The molecule has 3 heterocycles. The number of aromatic amines is 1. The van der Waals surface area contributed by atoms with Crippen LogP contribution in [0.25, 0.3) is 10.9 Å². The molecule has 1 amide bonds. The molecule has 0 atom stereocenters. The maximum absolute atomic E-state index is 13.0. The Kier molecular flexibility index (Phi) is 7.69. The Labute approximate surface area is 208 Å². The SMILES string of the molecule is Cc1ccc(Oc2cccc3[nH]c(C(=O)NC4CCN(CCN5CCCCCC5)CC4)cc23)cc1. The Morgan fingerprint density at radius 1 is 0.943 bits per heavy atom. The molecule has 2 N–H and O–H groups in total. The molecule has 186 valence electrons. The molecule has 2 fully saturated rings. The number of nitrogens with zero attached hydrogens (tertiary/aromatic N) is 2. The summed E-state index contributed by atoms with van der Waals surface area (Å²) in [4.78, 5) is 21.5. The van der Waals surface area contributed by atoms with Gasteiger partial charge in [-0.2, -0.15) is 0 Å². The van der Waals surface area contributed by atoms with Crippen LogP contribution in [-0.4, -0.2) is 66.0 Å². The fourth-order valence-electron chi connectivity index (χ4n) is 5.28. The number of hydrogen-bond donors (Lipinski definition) is 2. The monoisotopic (exact) mass is 474 g/mol. The molecule has 0 unspecified atom stereocenters. The van der Waals surface area contributed by atoms with Crippen molar-refractivity contribution in [2.45, 2.75) is 51.5 Å². The van der Waals surface area contributed by atoms with E-state index in [1.165, 1.54) is 50.9 Å². The van der Waals surface area contributed by atoms with Crippen molar-refractivity contribution in [3.8, 4) is 11.5 Å². The number of ether oxygens (including phenoxy) is 1. The van der Waals surface area contributed by atoms with Gasteiger partial charge in [-0.25, -0.2) is 0 Å². The van der Waals surface area contributed by atoms with Crippen LogP contribution in [0.4, 0.5) is 0 Å². The fraction of sp³-hybridized carbons (Fsp3) is 0.483. The number of carbonyl (C=O) groups excluding carboxylic acids is 1. The Morgan fingerprint density at radius 3 is 2.34 bits per heavy atom. The molecule has 2 saturated heterocycles. The van der Waals surface area contributed by atoms with Crippen molar-refractivity contribution in [3.05, 3.63) is 59.8 Å². The third kappa shape index (κ3) is 6.24. The molecule has 5 rings (SSSR count). The van der Waals surface area contributed by atoms with Gasteiger partial charge < -0.3 is 24.8 Å². The summed E-state index contributed by atoms with van der Waals surface area (Å²) >= 11 is 0. The largest absolute Gasteiger partial charge is 0.457 e. The highest BCUT2D eigenvalue weighted by Gasteiger charge is 2.22. The van der Waals surface area contributed by atoms with Gasteiger partial charge in [0.05, 0.1) is 0 Å². The number of benzene rings is 2. The molecule has 0 bridgehead atoms. The predicted octanol–water partition coefficient (Wildman–Crippen LogP) is 5.34. The van der Waals surface area contributed by atoms with Gasteiger partial charge in [-0.1, -0.05) is 36.6 Å². The Bertz CT molecular complexity index is 1110. The average Bonchev–Trinajstić information content (AvgIpc) is 3.15. The molecular formula is C29H38N4O2. The normalized spacial score (nSPS) is 18.4. The molecule has 3 aromatic rings. The molecule has 2 aliphatic heterocycles. The molecular weight excluding hydrogens is 436 g/mol. The second-order valence-corrected chi connectivity index (χ2v) is 10.2. The molecule has 0 radical (unpaired) electrons. The van der Waals surface area contributed by atoms with Gasteiger partial charge in [-0.3, -0.25) is 4.79 Å². The standard InChI is InChI=1S/C29H38N4O2/c1-22-9-11-24(12-10-22)35-28-8-6-7-26-25(28)21-27(31-26)29(34)30-23-13-17-33(18-14-23)20-19-32-15-4-2-3-5-16-32/h6-12,21,23,31H,2-5,13-20H2,1H3,(H,30,34). The van der Waals surface area contributed by atoms with E-state index in [0.717, 1.165) is 54.9 Å². The lowest BCUT2D eigenvalue weighted by Gasteiger charge is -2.33. The van der Waals surface area contributed by atoms with Gasteiger partial charge in [0.25, 0.3) is 5.91 Å². The molecule has 35 heavy (non-hydrogen) atoms. The quantitative estimate of drug-likeness (QED) is 0.485. The molecule has 0 aliphatic carbocycles. The second-order valence-electron chi connectivity index (χ2n) is 10.2. The first-order chi connectivity index (χ1) is 17.1. The van der Waals surface area contributed by atoms with Crippen LogP contribution in [0.15, 0.2) is 48.5 Å². The number of H-pyrrole nitrogens is 1. The van der Waals surface area contributed by atoms with Gasteiger partial charge in [0.1, 0.15) is 17.2 Å². The van der Waals surface area contributed by atoms with Crippen LogP contribution in [-0.2, 0) is 0 Å². The first-order valence-electron chi connectivity index (χ1n) is 13.3. The molecule has 6 heteroatoms. The summed E-state index contributed by atoms with van der Waals surface area (Å²) < 4.78 is 6.11. The lowest BCUT2D eigenvalue weighted by molar-refractivity contribution is 0.0902. The number of fused-ring (bicyclic) bond motifs is 1. The third-order valence-corrected chi connectivity index (χ3v) is 7.47. The van der Waals surface area contributed by atoms with Gasteiger partial charge in [-0.05, 0) is 76.0 Å². The van der Waals surface area contributed by atoms with Crippen LogP contribution < -0.4 is 10.1 Å². The lowest BCUT2D eigenvalue weighted by atomic mass is 10.0. The van der Waals surface area contributed by atoms with Crippen molar-refractivity contribution >= 4 is 16.8 Å². The fourth-order valence-corrected chi connectivity index (χ4v) is 5.28. The van der Waals surface area contributed by atoms with Crippen molar-refractivity contribution in [1.29, 1.82) is 0 Å². The number of aryl methyl sites for hydroxylation is 1. The first kappa shape index (κ1) is 23.9. The van der Waals surface area contributed by atoms with Gasteiger partial charge in [0.2, 0.25) is 0 Å². The van der Waals surface area contributed by atoms with E-state index in [2.05, 4.69) is 27.0 Å². The topological polar surface area (TPSA) is 60.6 Å². The highest BCUT2D eigenvalue weighted by molar-refractivity contribution is 5.99. The number of piperidine rings is 1.